The maximum atomic E-state index is 13.9. The van der Waals surface area contributed by atoms with Gasteiger partial charge in [-0.05, 0) is 44.2 Å². The first-order chi connectivity index (χ1) is 11.2. The fourth-order valence-electron chi connectivity index (χ4n) is 2.13. The van der Waals surface area contributed by atoms with Crippen LogP contribution in [0, 0.1) is 12.7 Å². The van der Waals surface area contributed by atoms with Gasteiger partial charge in [0.2, 0.25) is 0 Å². The Labute approximate surface area is 135 Å². The van der Waals surface area contributed by atoms with Crippen molar-refractivity contribution in [3.05, 3.63) is 59.2 Å². The first kappa shape index (κ1) is 17.7. The third-order valence-electron chi connectivity index (χ3n) is 3.27. The summed E-state index contributed by atoms with van der Waals surface area (Å²) in [5.41, 5.74) is 0.663. The van der Waals surface area contributed by atoms with Crippen LogP contribution in [0.3, 0.4) is 0 Å². The largest absolute Gasteiger partial charge is 0.573 e. The molecule has 0 radical (unpaired) electrons. The van der Waals surface area contributed by atoms with E-state index in [2.05, 4.69) is 15.0 Å². The van der Waals surface area contributed by atoms with Gasteiger partial charge in [-0.3, -0.25) is 9.78 Å². The van der Waals surface area contributed by atoms with Gasteiger partial charge in [-0.2, -0.15) is 0 Å². The zero-order chi connectivity index (χ0) is 17.9. The van der Waals surface area contributed by atoms with Crippen LogP contribution in [-0.2, 0) is 0 Å². The number of hydrogen-bond acceptors (Lipinski definition) is 3. The lowest BCUT2D eigenvalue weighted by molar-refractivity contribution is -0.274. The molecule has 1 amide bonds. The quantitative estimate of drug-likeness (QED) is 0.857. The molecule has 0 aliphatic heterocycles. The molecule has 0 bridgehead atoms. The second kappa shape index (κ2) is 6.86. The maximum absolute atomic E-state index is 13.9. The number of ether oxygens (including phenoxy) is 1. The van der Waals surface area contributed by atoms with E-state index >= 15 is 0 Å². The number of benzene rings is 1. The van der Waals surface area contributed by atoms with Gasteiger partial charge in [0.15, 0.2) is 0 Å². The topological polar surface area (TPSA) is 51.2 Å². The molecule has 0 saturated heterocycles. The second-order valence-electron chi connectivity index (χ2n) is 5.06. The SMILES string of the molecule is Cc1ncccc1C(=O)N[C@H](C)c1cc(OC(F)(F)F)ccc1F. The molecule has 1 N–H and O–H groups in total. The Morgan fingerprint density at radius 2 is 2.00 bits per heavy atom. The molecule has 1 heterocycles. The Bertz CT molecular complexity index is 747. The summed E-state index contributed by atoms with van der Waals surface area (Å²) in [5, 5.41) is 2.53. The number of aromatic nitrogens is 1. The van der Waals surface area contributed by atoms with E-state index in [9.17, 15) is 22.4 Å². The van der Waals surface area contributed by atoms with E-state index in [0.717, 1.165) is 18.2 Å². The third-order valence-corrected chi connectivity index (χ3v) is 3.27. The Morgan fingerprint density at radius 3 is 2.62 bits per heavy atom. The van der Waals surface area contributed by atoms with E-state index in [0.29, 0.717) is 11.3 Å². The molecule has 1 aromatic heterocycles. The predicted octanol–water partition coefficient (Wildman–Crippen LogP) is 3.92. The number of rotatable bonds is 4. The molecule has 0 unspecified atom stereocenters. The van der Waals surface area contributed by atoms with Crippen molar-refractivity contribution in [2.75, 3.05) is 0 Å². The van der Waals surface area contributed by atoms with E-state index in [4.69, 9.17) is 0 Å². The summed E-state index contributed by atoms with van der Waals surface area (Å²) in [6.07, 6.45) is -3.36. The van der Waals surface area contributed by atoms with E-state index in [-0.39, 0.29) is 5.56 Å². The van der Waals surface area contributed by atoms with Gasteiger partial charge in [-0.25, -0.2) is 4.39 Å². The van der Waals surface area contributed by atoms with Crippen LogP contribution in [0.4, 0.5) is 17.6 Å². The van der Waals surface area contributed by atoms with Gasteiger partial charge in [0.1, 0.15) is 11.6 Å². The molecule has 0 saturated carbocycles. The summed E-state index contributed by atoms with van der Waals surface area (Å²) >= 11 is 0. The van der Waals surface area contributed by atoms with Gasteiger partial charge in [0.25, 0.3) is 5.91 Å². The summed E-state index contributed by atoms with van der Waals surface area (Å²) in [5.74, 6) is -1.81. The van der Waals surface area contributed by atoms with Gasteiger partial charge in [0, 0.05) is 17.5 Å². The molecule has 2 rings (SSSR count). The number of nitrogens with one attached hydrogen (secondary N) is 1. The summed E-state index contributed by atoms with van der Waals surface area (Å²) in [6, 6.07) is 4.88. The van der Waals surface area contributed by atoms with Gasteiger partial charge in [-0.1, -0.05) is 0 Å². The molecule has 128 valence electrons. The summed E-state index contributed by atoms with van der Waals surface area (Å²) in [7, 11) is 0. The molecule has 1 aromatic carbocycles. The number of nitrogens with zero attached hydrogens (tertiary/aromatic N) is 1. The van der Waals surface area contributed by atoms with Crippen LogP contribution in [0.1, 0.15) is 34.6 Å². The lowest BCUT2D eigenvalue weighted by Gasteiger charge is -2.17. The summed E-state index contributed by atoms with van der Waals surface area (Å²) in [4.78, 5) is 16.2. The average Bonchev–Trinajstić information content (AvgIpc) is 2.48. The van der Waals surface area contributed by atoms with E-state index < -0.39 is 29.9 Å². The Hall–Kier alpha value is -2.64. The number of halogens is 4. The lowest BCUT2D eigenvalue weighted by Crippen LogP contribution is -2.28. The zero-order valence-corrected chi connectivity index (χ0v) is 12.8. The minimum absolute atomic E-state index is 0.119. The Morgan fingerprint density at radius 1 is 1.29 bits per heavy atom. The molecule has 2 aromatic rings. The number of aryl methyl sites for hydroxylation is 1. The fraction of sp³-hybridized carbons (Fsp3) is 0.250. The molecule has 1 atom stereocenters. The van der Waals surface area contributed by atoms with Crippen molar-refractivity contribution in [3.8, 4) is 5.75 Å². The highest BCUT2D eigenvalue weighted by molar-refractivity contribution is 5.95. The van der Waals surface area contributed by atoms with Crippen LogP contribution < -0.4 is 10.1 Å². The third kappa shape index (κ3) is 4.43. The predicted molar refractivity (Wildman–Crippen MR) is 77.9 cm³/mol. The number of amides is 1. The molecular weight excluding hydrogens is 328 g/mol. The molecule has 4 nitrogen and oxygen atoms in total. The Kier molecular flexibility index (Phi) is 5.06. The fourth-order valence-corrected chi connectivity index (χ4v) is 2.13. The van der Waals surface area contributed by atoms with E-state index in [1.165, 1.54) is 13.1 Å². The van der Waals surface area contributed by atoms with Crippen LogP contribution >= 0.6 is 0 Å². The number of carbonyl (C=O) groups is 1. The molecule has 8 heteroatoms. The summed E-state index contributed by atoms with van der Waals surface area (Å²) < 4.78 is 54.4. The van der Waals surface area contributed by atoms with Crippen molar-refractivity contribution in [1.29, 1.82) is 0 Å². The minimum Gasteiger partial charge on any atom is -0.406 e. The minimum atomic E-state index is -4.88. The molecular formula is C16H14F4N2O2. The van der Waals surface area contributed by atoms with Crippen LogP contribution in [-0.4, -0.2) is 17.3 Å². The van der Waals surface area contributed by atoms with Crippen molar-refractivity contribution in [1.82, 2.24) is 10.3 Å². The maximum Gasteiger partial charge on any atom is 0.573 e. The highest BCUT2D eigenvalue weighted by Gasteiger charge is 2.31. The number of pyridine rings is 1. The van der Waals surface area contributed by atoms with Crippen LogP contribution in [0.25, 0.3) is 0 Å². The monoisotopic (exact) mass is 342 g/mol. The van der Waals surface area contributed by atoms with Crippen LogP contribution in [0.2, 0.25) is 0 Å². The first-order valence-corrected chi connectivity index (χ1v) is 6.95. The highest BCUT2D eigenvalue weighted by Crippen LogP contribution is 2.27. The van der Waals surface area contributed by atoms with Gasteiger partial charge >= 0.3 is 6.36 Å². The van der Waals surface area contributed by atoms with Crippen molar-refractivity contribution in [2.45, 2.75) is 26.3 Å². The first-order valence-electron chi connectivity index (χ1n) is 6.95. The van der Waals surface area contributed by atoms with Crippen LogP contribution in [0.15, 0.2) is 36.5 Å². The lowest BCUT2D eigenvalue weighted by atomic mass is 10.1. The highest BCUT2D eigenvalue weighted by atomic mass is 19.4. The normalized spacial score (nSPS) is 12.6. The van der Waals surface area contributed by atoms with E-state index in [1.807, 2.05) is 0 Å². The summed E-state index contributed by atoms with van der Waals surface area (Å²) in [6.45, 7) is 3.09. The molecule has 0 fully saturated rings. The number of carbonyl (C=O) groups excluding carboxylic acids is 1. The van der Waals surface area contributed by atoms with Gasteiger partial charge < -0.3 is 10.1 Å². The molecule has 0 aliphatic rings. The van der Waals surface area contributed by atoms with Crippen molar-refractivity contribution in [3.63, 3.8) is 0 Å². The van der Waals surface area contributed by atoms with E-state index in [1.54, 1.807) is 19.1 Å². The van der Waals surface area contributed by atoms with Gasteiger partial charge in [0.05, 0.1) is 11.6 Å². The smallest absolute Gasteiger partial charge is 0.406 e. The van der Waals surface area contributed by atoms with Crippen LogP contribution in [0.5, 0.6) is 5.75 Å². The zero-order valence-electron chi connectivity index (χ0n) is 12.8. The average molecular weight is 342 g/mol. The second-order valence-corrected chi connectivity index (χ2v) is 5.06. The van der Waals surface area contributed by atoms with Crippen molar-refractivity contribution in [2.24, 2.45) is 0 Å². The number of alkyl halides is 3. The number of hydrogen-bond donors (Lipinski definition) is 1. The molecule has 0 aliphatic carbocycles. The Balaban J connectivity index is 2.20. The molecule has 0 spiro atoms. The standard InChI is InChI=1S/C16H14F4N2O2/c1-9-12(4-3-7-21-9)15(23)22-10(2)13-8-11(5-6-14(13)17)24-16(18,19)20/h3-8,10H,1-2H3,(H,22,23)/t10-/m1/s1. The van der Waals surface area contributed by atoms with Crippen molar-refractivity contribution >= 4 is 5.91 Å². The van der Waals surface area contributed by atoms with Gasteiger partial charge in [-0.15, -0.1) is 13.2 Å². The van der Waals surface area contributed by atoms with Crippen molar-refractivity contribution < 1.29 is 27.1 Å². The molecule has 24 heavy (non-hydrogen) atoms.